The Morgan fingerprint density at radius 1 is 1.39 bits per heavy atom. The minimum atomic E-state index is -0.135. The fourth-order valence-electron chi connectivity index (χ4n) is 1.52. The number of allylic oxidation sites excluding steroid dienone is 1. The minimum Gasteiger partial charge on any atom is -0.332 e. The van der Waals surface area contributed by atoms with E-state index in [9.17, 15) is 4.79 Å². The van der Waals surface area contributed by atoms with Crippen LogP contribution in [0.15, 0.2) is 41.4 Å². The average molecular weight is 245 g/mol. The van der Waals surface area contributed by atoms with E-state index in [1.807, 2.05) is 50.1 Å². The van der Waals surface area contributed by atoms with Gasteiger partial charge in [-0.3, -0.25) is 9.79 Å². The van der Waals surface area contributed by atoms with Crippen LogP contribution in [0, 0.1) is 0 Å². The first kappa shape index (κ1) is 14.0. The summed E-state index contributed by atoms with van der Waals surface area (Å²) in [6.07, 6.45) is 3.21. The number of amidine groups is 1. The molecule has 0 unspecified atom stereocenters. The third kappa shape index (κ3) is 3.45. The van der Waals surface area contributed by atoms with Crippen LogP contribution in [0.5, 0.6) is 0 Å². The lowest BCUT2D eigenvalue weighted by Gasteiger charge is -2.21. The summed E-state index contributed by atoms with van der Waals surface area (Å²) in [5, 5.41) is 2.85. The van der Waals surface area contributed by atoms with Crippen molar-refractivity contribution in [2.45, 2.75) is 13.8 Å². The zero-order valence-corrected chi connectivity index (χ0v) is 11.3. The third-order valence-electron chi connectivity index (χ3n) is 2.65. The lowest BCUT2D eigenvalue weighted by molar-refractivity contribution is -0.111. The molecule has 0 saturated carbocycles. The van der Waals surface area contributed by atoms with Crippen LogP contribution in [0.3, 0.4) is 0 Å². The van der Waals surface area contributed by atoms with Gasteiger partial charge in [-0.2, -0.15) is 0 Å². The van der Waals surface area contributed by atoms with Crippen LogP contribution in [-0.4, -0.2) is 25.8 Å². The molecule has 18 heavy (non-hydrogen) atoms. The molecule has 1 N–H and O–H groups in total. The summed E-state index contributed by atoms with van der Waals surface area (Å²) in [5.41, 5.74) is 1.68. The number of carbonyl (C=O) groups excluding carboxylic acids is 1. The molecule has 1 aromatic carbocycles. The maximum absolute atomic E-state index is 11.6. The van der Waals surface area contributed by atoms with Gasteiger partial charge in [-0.25, -0.2) is 0 Å². The molecule has 0 spiro atoms. The highest BCUT2D eigenvalue weighted by atomic mass is 16.1. The van der Waals surface area contributed by atoms with E-state index in [1.54, 1.807) is 13.1 Å². The standard InChI is InChI=1S/C14H19N3O/c1-5-8-14(18)16-12-9-6-7-10-13(12)17(4)11(2)15-3/h5-10H,1-4H3,(H,16,18)/b8-5+,15-11?. The molecule has 0 saturated heterocycles. The van der Waals surface area contributed by atoms with Gasteiger partial charge >= 0.3 is 0 Å². The Kier molecular flexibility index (Phi) is 5.11. The number of carbonyl (C=O) groups is 1. The van der Waals surface area contributed by atoms with Gasteiger partial charge in [0, 0.05) is 14.1 Å². The third-order valence-corrected chi connectivity index (χ3v) is 2.65. The Morgan fingerprint density at radius 3 is 2.67 bits per heavy atom. The number of rotatable bonds is 3. The van der Waals surface area contributed by atoms with E-state index < -0.39 is 0 Å². The molecule has 0 aliphatic heterocycles. The van der Waals surface area contributed by atoms with Crippen LogP contribution < -0.4 is 10.2 Å². The van der Waals surface area contributed by atoms with E-state index >= 15 is 0 Å². The van der Waals surface area contributed by atoms with Crippen molar-refractivity contribution in [1.29, 1.82) is 0 Å². The van der Waals surface area contributed by atoms with Gasteiger partial charge in [0.05, 0.1) is 17.2 Å². The van der Waals surface area contributed by atoms with Crippen molar-refractivity contribution in [2.24, 2.45) is 4.99 Å². The van der Waals surface area contributed by atoms with Gasteiger partial charge in [0.1, 0.15) is 0 Å². The second-order valence-corrected chi connectivity index (χ2v) is 3.84. The van der Waals surface area contributed by atoms with Crippen molar-refractivity contribution in [3.8, 4) is 0 Å². The summed E-state index contributed by atoms with van der Waals surface area (Å²) in [7, 11) is 3.66. The monoisotopic (exact) mass is 245 g/mol. The van der Waals surface area contributed by atoms with E-state index in [1.165, 1.54) is 6.08 Å². The summed E-state index contributed by atoms with van der Waals surface area (Å²) >= 11 is 0. The minimum absolute atomic E-state index is 0.135. The number of anilines is 2. The molecular formula is C14H19N3O. The van der Waals surface area contributed by atoms with E-state index in [4.69, 9.17) is 0 Å². The topological polar surface area (TPSA) is 44.7 Å². The van der Waals surface area contributed by atoms with Crippen molar-refractivity contribution in [1.82, 2.24) is 0 Å². The first-order chi connectivity index (χ1) is 8.60. The Labute approximate surface area is 108 Å². The molecule has 1 rings (SSSR count). The van der Waals surface area contributed by atoms with E-state index in [-0.39, 0.29) is 5.91 Å². The molecular weight excluding hydrogens is 226 g/mol. The van der Waals surface area contributed by atoms with Crippen molar-refractivity contribution >= 4 is 23.1 Å². The number of benzene rings is 1. The largest absolute Gasteiger partial charge is 0.332 e. The zero-order chi connectivity index (χ0) is 13.5. The Morgan fingerprint density at radius 2 is 2.06 bits per heavy atom. The van der Waals surface area contributed by atoms with Crippen molar-refractivity contribution < 1.29 is 4.79 Å². The average Bonchev–Trinajstić information content (AvgIpc) is 2.38. The van der Waals surface area contributed by atoms with Crippen molar-refractivity contribution in [2.75, 3.05) is 24.3 Å². The second kappa shape index (κ2) is 6.59. The number of nitrogens with one attached hydrogen (secondary N) is 1. The van der Waals surface area contributed by atoms with Crippen LogP contribution in [0.4, 0.5) is 11.4 Å². The molecule has 4 nitrogen and oxygen atoms in total. The number of aliphatic imine (C=N–C) groups is 1. The molecule has 0 heterocycles. The maximum atomic E-state index is 11.6. The van der Waals surface area contributed by atoms with Gasteiger partial charge in [-0.1, -0.05) is 18.2 Å². The number of hydrogen-bond acceptors (Lipinski definition) is 2. The van der Waals surface area contributed by atoms with Crippen LogP contribution in [0.2, 0.25) is 0 Å². The van der Waals surface area contributed by atoms with E-state index in [0.717, 1.165) is 17.2 Å². The Balaban J connectivity index is 3.03. The van der Waals surface area contributed by atoms with Crippen LogP contribution >= 0.6 is 0 Å². The molecule has 4 heteroatoms. The fraction of sp³-hybridized carbons (Fsp3) is 0.286. The summed E-state index contributed by atoms with van der Waals surface area (Å²) in [5.74, 6) is 0.743. The summed E-state index contributed by atoms with van der Waals surface area (Å²) in [4.78, 5) is 17.7. The van der Waals surface area contributed by atoms with E-state index in [2.05, 4.69) is 10.3 Å². The lowest BCUT2D eigenvalue weighted by atomic mass is 10.2. The van der Waals surface area contributed by atoms with Gasteiger partial charge in [-0.05, 0) is 32.1 Å². The summed E-state index contributed by atoms with van der Waals surface area (Å²) in [6.45, 7) is 3.73. The molecule has 0 aliphatic rings. The van der Waals surface area contributed by atoms with Gasteiger partial charge in [-0.15, -0.1) is 0 Å². The molecule has 0 aliphatic carbocycles. The normalized spacial score (nSPS) is 11.7. The smallest absolute Gasteiger partial charge is 0.248 e. The highest BCUT2D eigenvalue weighted by Crippen LogP contribution is 2.24. The van der Waals surface area contributed by atoms with Gasteiger partial charge in [0.2, 0.25) is 5.91 Å². The molecule has 0 bridgehead atoms. The zero-order valence-electron chi connectivity index (χ0n) is 11.3. The SMILES string of the molecule is C/C=C/C(=O)Nc1ccccc1N(C)C(C)=NC. The van der Waals surface area contributed by atoms with Crippen LogP contribution in [0.25, 0.3) is 0 Å². The molecule has 96 valence electrons. The predicted molar refractivity (Wildman–Crippen MR) is 77.3 cm³/mol. The molecule has 0 radical (unpaired) electrons. The molecule has 1 aromatic rings. The first-order valence-electron chi connectivity index (χ1n) is 5.80. The van der Waals surface area contributed by atoms with Crippen LogP contribution in [-0.2, 0) is 4.79 Å². The van der Waals surface area contributed by atoms with Crippen LogP contribution in [0.1, 0.15) is 13.8 Å². The number of para-hydroxylation sites is 2. The Hall–Kier alpha value is -2.10. The number of nitrogens with zero attached hydrogens (tertiary/aromatic N) is 2. The van der Waals surface area contributed by atoms with Gasteiger partial charge in [0.25, 0.3) is 0 Å². The van der Waals surface area contributed by atoms with Gasteiger partial charge < -0.3 is 10.2 Å². The van der Waals surface area contributed by atoms with E-state index in [0.29, 0.717) is 0 Å². The summed E-state index contributed by atoms with van der Waals surface area (Å²) < 4.78 is 0. The lowest BCUT2D eigenvalue weighted by Crippen LogP contribution is -2.25. The molecule has 0 aromatic heterocycles. The van der Waals surface area contributed by atoms with Crippen molar-refractivity contribution in [3.63, 3.8) is 0 Å². The maximum Gasteiger partial charge on any atom is 0.248 e. The Bertz CT molecular complexity index is 478. The number of hydrogen-bond donors (Lipinski definition) is 1. The molecule has 0 fully saturated rings. The fourth-order valence-corrected chi connectivity index (χ4v) is 1.52. The molecule has 0 atom stereocenters. The number of amides is 1. The second-order valence-electron chi connectivity index (χ2n) is 3.84. The quantitative estimate of drug-likeness (QED) is 0.505. The predicted octanol–water partition coefficient (Wildman–Crippen LogP) is 2.69. The first-order valence-corrected chi connectivity index (χ1v) is 5.80. The van der Waals surface area contributed by atoms with Crippen molar-refractivity contribution in [3.05, 3.63) is 36.4 Å². The highest BCUT2D eigenvalue weighted by molar-refractivity contribution is 6.04. The molecule has 1 amide bonds. The summed E-state index contributed by atoms with van der Waals surface area (Å²) in [6, 6.07) is 7.64. The highest BCUT2D eigenvalue weighted by Gasteiger charge is 2.09. The van der Waals surface area contributed by atoms with Gasteiger partial charge in [0.15, 0.2) is 0 Å².